The van der Waals surface area contributed by atoms with Gasteiger partial charge < -0.3 is 29.9 Å². The molecule has 1 atom stereocenters. The lowest BCUT2D eigenvalue weighted by Crippen LogP contribution is -2.44. The second-order valence-corrected chi connectivity index (χ2v) is 10.0. The number of alkyl carbamates (subject to hydrolysis) is 1. The van der Waals surface area contributed by atoms with Gasteiger partial charge in [0.05, 0.1) is 24.7 Å². The maximum atomic E-state index is 14.6. The first-order valence-electron chi connectivity index (χ1n) is 13.4. The van der Waals surface area contributed by atoms with E-state index in [0.717, 1.165) is 11.7 Å². The summed E-state index contributed by atoms with van der Waals surface area (Å²) in [6.07, 6.45) is -5.87. The van der Waals surface area contributed by atoms with Crippen molar-refractivity contribution in [1.82, 2.24) is 24.3 Å². The zero-order chi connectivity index (χ0) is 34.3. The quantitative estimate of drug-likeness (QED) is 0.208. The maximum absolute atomic E-state index is 14.6. The van der Waals surface area contributed by atoms with Gasteiger partial charge in [0.2, 0.25) is 11.8 Å². The molecule has 0 radical (unpaired) electrons. The van der Waals surface area contributed by atoms with Crippen molar-refractivity contribution in [3.05, 3.63) is 69.9 Å². The summed E-state index contributed by atoms with van der Waals surface area (Å²) < 4.78 is 73.3. The Kier molecular flexibility index (Phi) is 11.2. The van der Waals surface area contributed by atoms with Crippen LogP contribution in [0.2, 0.25) is 0 Å². The Labute approximate surface area is 257 Å². The molecule has 3 N–H and O–H groups in total. The van der Waals surface area contributed by atoms with Gasteiger partial charge in [0.1, 0.15) is 17.6 Å². The minimum Gasteiger partial charge on any atom is -0.464 e. The van der Waals surface area contributed by atoms with Crippen LogP contribution in [0.4, 0.5) is 37.2 Å². The Hall–Kier alpha value is -5.29. The number of carboxylic acid groups (broad SMARTS) is 1. The van der Waals surface area contributed by atoms with E-state index in [1.165, 1.54) is 35.4 Å². The number of allylic oxidation sites excluding steroid dienone is 1. The normalized spacial score (nSPS) is 12.3. The summed E-state index contributed by atoms with van der Waals surface area (Å²) in [5.74, 6) is -4.82. The first-order chi connectivity index (χ1) is 21.5. The summed E-state index contributed by atoms with van der Waals surface area (Å²) in [6, 6.07) is 1.76. The Morgan fingerprint density at radius 1 is 1.20 bits per heavy atom. The number of imidazole rings is 1. The predicted molar refractivity (Wildman–Crippen MR) is 152 cm³/mol. The minimum atomic E-state index is -4.73. The number of aromatic nitrogens is 3. The van der Waals surface area contributed by atoms with Crippen molar-refractivity contribution in [2.24, 2.45) is 0 Å². The Morgan fingerprint density at radius 2 is 1.89 bits per heavy atom. The van der Waals surface area contributed by atoms with Crippen molar-refractivity contribution < 1.29 is 51.0 Å². The van der Waals surface area contributed by atoms with E-state index in [4.69, 9.17) is 0 Å². The Balaban J connectivity index is 1.93. The molecule has 3 aromatic rings. The molecule has 2 heterocycles. The summed E-state index contributed by atoms with van der Waals surface area (Å²) in [5, 5.41) is 14.5. The van der Waals surface area contributed by atoms with Crippen molar-refractivity contribution in [1.29, 1.82) is 0 Å². The van der Waals surface area contributed by atoms with Gasteiger partial charge in [0, 0.05) is 38.3 Å². The molecule has 0 bridgehead atoms. The molecule has 18 heteroatoms. The topological polar surface area (TPSA) is 165 Å². The van der Waals surface area contributed by atoms with Gasteiger partial charge in [-0.25, -0.2) is 27.9 Å². The predicted octanol–water partition coefficient (Wildman–Crippen LogP) is 3.63. The van der Waals surface area contributed by atoms with Crippen molar-refractivity contribution in [2.75, 3.05) is 26.5 Å². The lowest BCUT2D eigenvalue weighted by atomic mass is 10.1. The number of nitrogens with one attached hydrogen (secondary N) is 2. The van der Waals surface area contributed by atoms with Crippen LogP contribution in [-0.2, 0) is 27.3 Å². The zero-order valence-corrected chi connectivity index (χ0v) is 24.7. The number of hydrogen-bond acceptors (Lipinski definition) is 7. The number of methoxy groups -OCH3 is 1. The van der Waals surface area contributed by atoms with Crippen LogP contribution in [-0.4, -0.2) is 81.5 Å². The number of fused-ring (bicyclic) bond motifs is 1. The number of nitrogens with zero attached hydrogens (tertiary/aromatic N) is 4. The van der Waals surface area contributed by atoms with E-state index in [9.17, 15) is 51.0 Å². The zero-order valence-electron chi connectivity index (χ0n) is 24.7. The number of carbonyl (C=O) groups excluding carboxylic acids is 3. The molecule has 0 fully saturated rings. The van der Waals surface area contributed by atoms with Crippen molar-refractivity contribution in [3.8, 4) is 0 Å². The van der Waals surface area contributed by atoms with Crippen LogP contribution in [0, 0.1) is 11.6 Å². The van der Waals surface area contributed by atoms with E-state index in [1.807, 2.05) is 0 Å². The highest BCUT2D eigenvalue weighted by molar-refractivity contribution is 5.96. The number of aryl methyl sites for hydroxylation is 1. The lowest BCUT2D eigenvalue weighted by molar-refractivity contribution is -0.134. The molecule has 248 valence electrons. The SMILES string of the molecule is COC(=O)N[C@@H](CC/C=C/C(=O)N(C)C)C(=O)Nc1cccn(Cc2nc3c(CCC(F)(F)F)c(F)c(F)cc3n2C(=O)O)c1=O. The van der Waals surface area contributed by atoms with Crippen LogP contribution >= 0.6 is 0 Å². The Bertz CT molecular complexity index is 1730. The number of amides is 3. The average molecular weight is 657 g/mol. The first kappa shape index (κ1) is 35.2. The third-order valence-corrected chi connectivity index (χ3v) is 6.56. The van der Waals surface area contributed by atoms with E-state index < -0.39 is 89.3 Å². The summed E-state index contributed by atoms with van der Waals surface area (Å²) in [4.78, 5) is 67.2. The first-order valence-corrected chi connectivity index (χ1v) is 13.4. The number of ether oxygens (including phenoxy) is 1. The fraction of sp³-hybridized carbons (Fsp3) is 0.357. The van der Waals surface area contributed by atoms with E-state index >= 15 is 0 Å². The standard InChI is InChI=1S/C28H29F5N6O7/c1-37(2)21(40)9-5-4-7-17(35-26(43)46-3)24(41)34-18-8-6-12-38(25(18)42)14-20-36-23-15(10-11-28(31,32)33)22(30)16(29)13-19(23)39(20)27(44)45/h5-6,8-9,12-13,17H,4,7,10-11,14H2,1-3H3,(H,34,41)(H,35,43)(H,44,45)/b9-5+/t17-/m0/s1. The number of pyridine rings is 1. The van der Waals surface area contributed by atoms with Crippen molar-refractivity contribution in [3.63, 3.8) is 0 Å². The number of carbonyl (C=O) groups is 4. The van der Waals surface area contributed by atoms with Gasteiger partial charge in [0.15, 0.2) is 11.6 Å². The fourth-order valence-corrected chi connectivity index (χ4v) is 4.28. The van der Waals surface area contributed by atoms with Crippen molar-refractivity contribution in [2.45, 2.75) is 44.4 Å². The van der Waals surface area contributed by atoms with E-state index in [1.54, 1.807) is 14.1 Å². The average Bonchev–Trinajstić information content (AvgIpc) is 3.33. The molecule has 3 rings (SSSR count). The number of likely N-dealkylation sites (N-methyl/N-ethyl adjacent to an activating group) is 1. The molecular formula is C28H29F5N6O7. The molecule has 0 aliphatic rings. The minimum absolute atomic E-state index is 0.00834. The highest BCUT2D eigenvalue weighted by atomic mass is 19.4. The molecule has 1 aromatic carbocycles. The molecule has 0 saturated heterocycles. The molecular weight excluding hydrogens is 627 g/mol. The van der Waals surface area contributed by atoms with E-state index in [2.05, 4.69) is 20.4 Å². The van der Waals surface area contributed by atoms with E-state index in [-0.39, 0.29) is 24.4 Å². The van der Waals surface area contributed by atoms with Crippen molar-refractivity contribution >= 4 is 40.7 Å². The third kappa shape index (κ3) is 8.66. The van der Waals surface area contributed by atoms with Crippen LogP contribution in [0.5, 0.6) is 0 Å². The van der Waals surface area contributed by atoms with Gasteiger partial charge in [-0.2, -0.15) is 13.2 Å². The number of rotatable bonds is 11. The summed E-state index contributed by atoms with van der Waals surface area (Å²) in [5.41, 5.74) is -3.05. The summed E-state index contributed by atoms with van der Waals surface area (Å²) >= 11 is 0. The van der Waals surface area contributed by atoms with Gasteiger partial charge in [0.25, 0.3) is 5.56 Å². The number of alkyl halides is 3. The smallest absolute Gasteiger partial charge is 0.417 e. The molecule has 0 spiro atoms. The van der Waals surface area contributed by atoms with Crippen LogP contribution < -0.4 is 16.2 Å². The summed E-state index contributed by atoms with van der Waals surface area (Å²) in [7, 11) is 4.16. The second-order valence-electron chi connectivity index (χ2n) is 10.0. The van der Waals surface area contributed by atoms with Crippen LogP contribution in [0.25, 0.3) is 11.0 Å². The largest absolute Gasteiger partial charge is 0.464 e. The molecule has 2 aromatic heterocycles. The molecule has 0 saturated carbocycles. The van der Waals surface area contributed by atoms with Gasteiger partial charge in [-0.15, -0.1) is 0 Å². The molecule has 0 aliphatic carbocycles. The molecule has 0 unspecified atom stereocenters. The summed E-state index contributed by atoms with van der Waals surface area (Å²) in [6.45, 7) is -0.639. The monoisotopic (exact) mass is 656 g/mol. The maximum Gasteiger partial charge on any atom is 0.417 e. The third-order valence-electron chi connectivity index (χ3n) is 6.56. The van der Waals surface area contributed by atoms with Gasteiger partial charge in [-0.3, -0.25) is 14.4 Å². The van der Waals surface area contributed by atoms with Crippen LogP contribution in [0.15, 0.2) is 41.3 Å². The van der Waals surface area contributed by atoms with Crippen LogP contribution in [0.3, 0.4) is 0 Å². The molecule has 0 aliphatic heterocycles. The van der Waals surface area contributed by atoms with E-state index in [0.29, 0.717) is 10.6 Å². The van der Waals surface area contributed by atoms with Gasteiger partial charge in [-0.1, -0.05) is 6.08 Å². The molecule has 3 amide bonds. The highest BCUT2D eigenvalue weighted by Crippen LogP contribution is 2.30. The molecule has 46 heavy (non-hydrogen) atoms. The Morgan fingerprint density at radius 3 is 2.50 bits per heavy atom. The number of hydrogen-bond donors (Lipinski definition) is 3. The second kappa shape index (κ2) is 14.7. The number of halogens is 5. The van der Waals surface area contributed by atoms with Gasteiger partial charge >= 0.3 is 18.4 Å². The lowest BCUT2D eigenvalue weighted by Gasteiger charge is -2.17. The number of benzene rings is 1. The fourth-order valence-electron chi connectivity index (χ4n) is 4.28. The highest BCUT2D eigenvalue weighted by Gasteiger charge is 2.30. The number of anilines is 1. The van der Waals surface area contributed by atoms with Crippen LogP contribution in [0.1, 0.15) is 30.7 Å². The van der Waals surface area contributed by atoms with Gasteiger partial charge in [-0.05, 0) is 37.5 Å². The molecule has 13 nitrogen and oxygen atoms in total.